The SMILES string of the molecule is c1ccc(CN[C@H]2CO[C@H]3[C@@H]2OC[C@@H]3n2nnnc2-c2ccc3c(c2)OCO3)nc1. The van der Waals surface area contributed by atoms with Crippen LogP contribution in [0.3, 0.4) is 0 Å². The zero-order valence-corrected chi connectivity index (χ0v) is 16.0. The number of nitrogens with zero attached hydrogens (tertiary/aromatic N) is 5. The van der Waals surface area contributed by atoms with Crippen molar-refractivity contribution >= 4 is 0 Å². The minimum atomic E-state index is -0.123. The maximum absolute atomic E-state index is 6.11. The minimum absolute atomic E-state index is 0.0625. The molecule has 0 unspecified atom stereocenters. The van der Waals surface area contributed by atoms with Crippen molar-refractivity contribution in [2.24, 2.45) is 0 Å². The van der Waals surface area contributed by atoms with Crippen molar-refractivity contribution in [1.82, 2.24) is 30.5 Å². The molecule has 154 valence electrons. The first-order valence-electron chi connectivity index (χ1n) is 9.91. The lowest BCUT2D eigenvalue weighted by molar-refractivity contribution is 0.0621. The van der Waals surface area contributed by atoms with Gasteiger partial charge in [0.2, 0.25) is 6.79 Å². The number of benzene rings is 1. The summed E-state index contributed by atoms with van der Waals surface area (Å²) in [6.07, 6.45) is 1.61. The van der Waals surface area contributed by atoms with Gasteiger partial charge >= 0.3 is 0 Å². The molecule has 0 saturated carbocycles. The van der Waals surface area contributed by atoms with E-state index in [1.54, 1.807) is 10.9 Å². The first-order valence-corrected chi connectivity index (χ1v) is 9.91. The molecule has 1 N–H and O–H groups in total. The Labute approximate surface area is 172 Å². The second-order valence-corrected chi connectivity index (χ2v) is 7.49. The fourth-order valence-corrected chi connectivity index (χ4v) is 4.24. The van der Waals surface area contributed by atoms with Gasteiger partial charge < -0.3 is 24.3 Å². The number of fused-ring (bicyclic) bond motifs is 2. The highest BCUT2D eigenvalue weighted by Gasteiger charge is 2.49. The molecule has 0 spiro atoms. The Balaban J connectivity index is 1.19. The van der Waals surface area contributed by atoms with E-state index in [2.05, 4.69) is 25.8 Å². The van der Waals surface area contributed by atoms with Gasteiger partial charge in [-0.25, -0.2) is 4.68 Å². The summed E-state index contributed by atoms with van der Waals surface area (Å²) in [6, 6.07) is 11.6. The maximum atomic E-state index is 6.11. The number of tetrazole rings is 1. The van der Waals surface area contributed by atoms with Gasteiger partial charge in [-0.2, -0.15) is 0 Å². The number of nitrogens with one attached hydrogen (secondary N) is 1. The summed E-state index contributed by atoms with van der Waals surface area (Å²) in [5.41, 5.74) is 1.84. The van der Waals surface area contributed by atoms with Crippen LogP contribution < -0.4 is 14.8 Å². The Morgan fingerprint density at radius 2 is 1.97 bits per heavy atom. The summed E-state index contributed by atoms with van der Waals surface area (Å²) in [5, 5.41) is 15.9. The van der Waals surface area contributed by atoms with Crippen LogP contribution in [0.4, 0.5) is 0 Å². The Morgan fingerprint density at radius 3 is 2.90 bits per heavy atom. The van der Waals surface area contributed by atoms with Crippen molar-refractivity contribution in [3.8, 4) is 22.9 Å². The summed E-state index contributed by atoms with van der Waals surface area (Å²) in [6.45, 7) is 1.95. The molecule has 2 saturated heterocycles. The number of ether oxygens (including phenoxy) is 4. The lowest BCUT2D eigenvalue weighted by atomic mass is 10.1. The van der Waals surface area contributed by atoms with Crippen LogP contribution in [0.25, 0.3) is 11.4 Å². The molecule has 0 bridgehead atoms. The lowest BCUT2D eigenvalue weighted by Gasteiger charge is -2.18. The van der Waals surface area contributed by atoms with Crippen LogP contribution in [-0.4, -0.2) is 63.4 Å². The van der Waals surface area contributed by atoms with Crippen molar-refractivity contribution in [2.75, 3.05) is 20.0 Å². The van der Waals surface area contributed by atoms with E-state index in [9.17, 15) is 0 Å². The van der Waals surface area contributed by atoms with E-state index in [-0.39, 0.29) is 31.1 Å². The lowest BCUT2D eigenvalue weighted by Crippen LogP contribution is -2.40. The number of hydrogen-bond donors (Lipinski definition) is 1. The van der Waals surface area contributed by atoms with Crippen molar-refractivity contribution in [3.63, 3.8) is 0 Å². The van der Waals surface area contributed by atoms with E-state index in [1.807, 2.05) is 36.4 Å². The van der Waals surface area contributed by atoms with Gasteiger partial charge in [0.05, 0.1) is 24.9 Å². The first-order chi connectivity index (χ1) is 14.9. The van der Waals surface area contributed by atoms with E-state index in [4.69, 9.17) is 18.9 Å². The average molecular weight is 408 g/mol. The monoisotopic (exact) mass is 408 g/mol. The third-order valence-electron chi connectivity index (χ3n) is 5.74. The topological polar surface area (TPSA) is 105 Å². The van der Waals surface area contributed by atoms with Crippen LogP contribution in [0.15, 0.2) is 42.6 Å². The molecule has 0 aliphatic carbocycles. The maximum Gasteiger partial charge on any atom is 0.231 e. The van der Waals surface area contributed by atoms with Crippen molar-refractivity contribution in [3.05, 3.63) is 48.3 Å². The summed E-state index contributed by atoms with van der Waals surface area (Å²) in [4.78, 5) is 4.36. The highest BCUT2D eigenvalue weighted by atomic mass is 16.7. The van der Waals surface area contributed by atoms with Crippen LogP contribution >= 0.6 is 0 Å². The van der Waals surface area contributed by atoms with Crippen LogP contribution in [-0.2, 0) is 16.0 Å². The van der Waals surface area contributed by atoms with Gasteiger partial charge in [0.25, 0.3) is 0 Å². The number of hydrogen-bond acceptors (Lipinski definition) is 9. The third-order valence-corrected chi connectivity index (χ3v) is 5.74. The Bertz CT molecular complexity index is 1040. The van der Waals surface area contributed by atoms with Gasteiger partial charge in [-0.15, -0.1) is 5.10 Å². The zero-order valence-electron chi connectivity index (χ0n) is 16.0. The van der Waals surface area contributed by atoms with Crippen LogP contribution in [0.5, 0.6) is 11.5 Å². The molecule has 3 aliphatic rings. The number of rotatable bonds is 5. The van der Waals surface area contributed by atoms with Gasteiger partial charge in [-0.05, 0) is 40.8 Å². The molecule has 0 amide bonds. The van der Waals surface area contributed by atoms with E-state index < -0.39 is 0 Å². The normalized spacial score (nSPS) is 26.8. The summed E-state index contributed by atoms with van der Waals surface area (Å²) in [5.74, 6) is 2.07. The molecule has 2 aromatic heterocycles. The molecule has 3 aromatic rings. The highest BCUT2D eigenvalue weighted by molar-refractivity contribution is 5.61. The largest absolute Gasteiger partial charge is 0.454 e. The van der Waals surface area contributed by atoms with Gasteiger partial charge in [0.1, 0.15) is 18.2 Å². The Kier molecular flexibility index (Phi) is 4.33. The van der Waals surface area contributed by atoms with Gasteiger partial charge in [0.15, 0.2) is 17.3 Å². The molecule has 2 fully saturated rings. The second kappa shape index (κ2) is 7.31. The van der Waals surface area contributed by atoms with Crippen molar-refractivity contribution < 1.29 is 18.9 Å². The van der Waals surface area contributed by atoms with E-state index in [0.29, 0.717) is 31.3 Å². The molecule has 6 rings (SSSR count). The second-order valence-electron chi connectivity index (χ2n) is 7.49. The highest BCUT2D eigenvalue weighted by Crippen LogP contribution is 2.38. The quantitative estimate of drug-likeness (QED) is 0.661. The molecule has 3 aliphatic heterocycles. The molecule has 0 radical (unpaired) electrons. The van der Waals surface area contributed by atoms with Gasteiger partial charge in [-0.3, -0.25) is 4.98 Å². The predicted octanol–water partition coefficient (Wildman–Crippen LogP) is 0.961. The minimum Gasteiger partial charge on any atom is -0.454 e. The fraction of sp³-hybridized carbons (Fsp3) is 0.400. The predicted molar refractivity (Wildman–Crippen MR) is 103 cm³/mol. The fourth-order valence-electron chi connectivity index (χ4n) is 4.24. The van der Waals surface area contributed by atoms with E-state index >= 15 is 0 Å². The van der Waals surface area contributed by atoms with Crippen LogP contribution in [0.1, 0.15) is 11.7 Å². The summed E-state index contributed by atoms with van der Waals surface area (Å²) < 4.78 is 24.9. The Morgan fingerprint density at radius 1 is 1.03 bits per heavy atom. The molecule has 5 heterocycles. The first kappa shape index (κ1) is 17.8. The van der Waals surface area contributed by atoms with Crippen LogP contribution in [0.2, 0.25) is 0 Å². The molecule has 10 nitrogen and oxygen atoms in total. The van der Waals surface area contributed by atoms with Gasteiger partial charge in [0, 0.05) is 18.3 Å². The Hall–Kier alpha value is -3.08. The van der Waals surface area contributed by atoms with Crippen LogP contribution in [0, 0.1) is 0 Å². The summed E-state index contributed by atoms with van der Waals surface area (Å²) >= 11 is 0. The van der Waals surface area contributed by atoms with E-state index in [0.717, 1.165) is 17.0 Å². The van der Waals surface area contributed by atoms with Gasteiger partial charge in [-0.1, -0.05) is 6.07 Å². The molecule has 10 heteroatoms. The average Bonchev–Trinajstić information content (AvgIpc) is 3.56. The number of aromatic nitrogens is 5. The van der Waals surface area contributed by atoms with Crippen molar-refractivity contribution in [2.45, 2.75) is 30.8 Å². The summed E-state index contributed by atoms with van der Waals surface area (Å²) in [7, 11) is 0. The number of pyridine rings is 1. The molecule has 1 aromatic carbocycles. The van der Waals surface area contributed by atoms with E-state index in [1.165, 1.54) is 0 Å². The molecular weight excluding hydrogens is 388 g/mol. The molecular formula is C20H20N6O4. The van der Waals surface area contributed by atoms with Crippen molar-refractivity contribution in [1.29, 1.82) is 0 Å². The third kappa shape index (κ3) is 3.00. The standard InChI is InChI=1S/C20H20N6O4/c1-2-6-21-13(3-1)8-22-14-9-27-19-15(10-28-18(14)19)26-20(23-24-25-26)12-4-5-16-17(7-12)30-11-29-16/h1-7,14-15,18-19,22H,8-11H2/t14-,15-,18+,19+/m0/s1. The molecule has 4 atom stereocenters. The molecule has 30 heavy (non-hydrogen) atoms. The zero-order chi connectivity index (χ0) is 19.9. The smallest absolute Gasteiger partial charge is 0.231 e.